The number of carbonyl (C=O) groups is 1. The first-order valence-corrected chi connectivity index (χ1v) is 11.1. The Morgan fingerprint density at radius 3 is 2.68 bits per heavy atom. The largest absolute Gasteiger partial charge is 0.343 e. The van der Waals surface area contributed by atoms with E-state index < -0.39 is 0 Å². The molecule has 1 aromatic heterocycles. The molecule has 4 rings (SSSR count). The van der Waals surface area contributed by atoms with Crippen molar-refractivity contribution in [2.24, 2.45) is 0 Å². The molecule has 0 aliphatic carbocycles. The zero-order valence-electron chi connectivity index (χ0n) is 17.9. The Morgan fingerprint density at radius 1 is 1.19 bits per heavy atom. The van der Waals surface area contributed by atoms with Crippen LogP contribution in [0.5, 0.6) is 0 Å². The Kier molecular flexibility index (Phi) is 6.18. The fourth-order valence-corrected chi connectivity index (χ4v) is 4.52. The van der Waals surface area contributed by atoms with E-state index in [4.69, 9.17) is 0 Å². The minimum absolute atomic E-state index is 0.0453. The van der Waals surface area contributed by atoms with Gasteiger partial charge in [-0.05, 0) is 50.1 Å². The molecule has 1 atom stereocenters. The summed E-state index contributed by atoms with van der Waals surface area (Å²) < 4.78 is 17.6. The predicted molar refractivity (Wildman–Crippen MR) is 122 cm³/mol. The average Bonchev–Trinajstić information content (AvgIpc) is 3.20. The number of hydrogen-bond donors (Lipinski definition) is 1. The maximum absolute atomic E-state index is 13.1. The minimum Gasteiger partial charge on any atom is -0.343 e. The van der Waals surface area contributed by atoms with Crippen molar-refractivity contribution in [2.75, 3.05) is 29.9 Å². The molecule has 31 heavy (non-hydrogen) atoms. The molecule has 1 unspecified atom stereocenters. The maximum atomic E-state index is 13.1. The van der Waals surface area contributed by atoms with Crippen LogP contribution in [0.3, 0.4) is 0 Å². The van der Waals surface area contributed by atoms with Gasteiger partial charge >= 0.3 is 6.03 Å². The zero-order valence-corrected chi connectivity index (χ0v) is 18.7. The van der Waals surface area contributed by atoms with Crippen molar-refractivity contribution < 1.29 is 9.18 Å². The topological polar surface area (TPSA) is 61.4 Å². The van der Waals surface area contributed by atoms with Gasteiger partial charge in [-0.3, -0.25) is 0 Å². The number of amides is 2. The van der Waals surface area contributed by atoms with Gasteiger partial charge in [-0.1, -0.05) is 29.8 Å². The molecule has 1 aliphatic rings. The molecule has 1 saturated heterocycles. The highest BCUT2D eigenvalue weighted by Gasteiger charge is 2.29. The first-order valence-electron chi connectivity index (χ1n) is 10.4. The number of aromatic nitrogens is 2. The van der Waals surface area contributed by atoms with Gasteiger partial charge in [0, 0.05) is 49.3 Å². The van der Waals surface area contributed by atoms with Gasteiger partial charge in [0.1, 0.15) is 11.6 Å². The molecule has 1 aliphatic heterocycles. The molecule has 2 heterocycles. The Hall–Kier alpha value is -3.00. The Balaban J connectivity index is 1.36. The number of nitrogens with zero attached hydrogens (tertiary/aromatic N) is 4. The summed E-state index contributed by atoms with van der Waals surface area (Å²) in [6.07, 6.45) is 0.574. The van der Waals surface area contributed by atoms with E-state index in [1.165, 1.54) is 29.2 Å². The Morgan fingerprint density at radius 2 is 1.97 bits per heavy atom. The first kappa shape index (κ1) is 21.2. The van der Waals surface area contributed by atoms with Crippen LogP contribution < -0.4 is 10.2 Å². The number of rotatable bonds is 4. The Labute approximate surface area is 185 Å². The summed E-state index contributed by atoms with van der Waals surface area (Å²) in [4.78, 5) is 21.5. The third kappa shape index (κ3) is 5.02. The smallest absolute Gasteiger partial charge is 0.322 e. The standard InChI is InChI=1S/C23H26FN5OS/c1-15-4-9-20(16(2)12-15)25-22(30)29-11-10-28(14-17(29)3)23-26-21(27-31-23)13-18-5-7-19(24)8-6-18/h4-9,12,17H,10-11,13-14H2,1-3H3,(H,25,30). The molecule has 3 aromatic rings. The third-order valence-corrected chi connectivity index (χ3v) is 6.33. The molecule has 8 heteroatoms. The van der Waals surface area contributed by atoms with Gasteiger partial charge in [-0.25, -0.2) is 14.2 Å². The summed E-state index contributed by atoms with van der Waals surface area (Å²) in [5.41, 5.74) is 4.06. The van der Waals surface area contributed by atoms with E-state index in [-0.39, 0.29) is 17.9 Å². The number of benzene rings is 2. The molecule has 1 N–H and O–H groups in total. The van der Waals surface area contributed by atoms with Crippen LogP contribution in [-0.4, -0.2) is 46.0 Å². The van der Waals surface area contributed by atoms with Gasteiger partial charge in [0.15, 0.2) is 0 Å². The zero-order chi connectivity index (χ0) is 22.0. The fourth-order valence-electron chi connectivity index (χ4n) is 3.80. The normalized spacial score (nSPS) is 16.5. The van der Waals surface area contributed by atoms with Crippen molar-refractivity contribution in [3.63, 3.8) is 0 Å². The van der Waals surface area contributed by atoms with E-state index in [1.807, 2.05) is 37.8 Å². The minimum atomic E-state index is -0.246. The summed E-state index contributed by atoms with van der Waals surface area (Å²) >= 11 is 1.37. The van der Waals surface area contributed by atoms with Gasteiger partial charge in [0.25, 0.3) is 0 Å². The maximum Gasteiger partial charge on any atom is 0.322 e. The van der Waals surface area contributed by atoms with Gasteiger partial charge in [0.2, 0.25) is 5.13 Å². The highest BCUT2D eigenvalue weighted by molar-refractivity contribution is 7.09. The first-order chi connectivity index (χ1) is 14.9. The van der Waals surface area contributed by atoms with E-state index in [1.54, 1.807) is 12.1 Å². The third-order valence-electron chi connectivity index (χ3n) is 5.52. The predicted octanol–water partition coefficient (Wildman–Crippen LogP) is 4.63. The van der Waals surface area contributed by atoms with E-state index >= 15 is 0 Å². The van der Waals surface area contributed by atoms with Gasteiger partial charge in [0.05, 0.1) is 0 Å². The molecular formula is C23H26FN5OS. The van der Waals surface area contributed by atoms with Crippen molar-refractivity contribution in [1.29, 1.82) is 0 Å². The van der Waals surface area contributed by atoms with E-state index in [2.05, 4.69) is 25.6 Å². The summed E-state index contributed by atoms with van der Waals surface area (Å²) in [5, 5.41) is 3.90. The van der Waals surface area contributed by atoms with Crippen molar-refractivity contribution in [2.45, 2.75) is 33.2 Å². The molecule has 1 fully saturated rings. The summed E-state index contributed by atoms with van der Waals surface area (Å²) in [6.45, 7) is 8.11. The molecule has 6 nitrogen and oxygen atoms in total. The van der Waals surface area contributed by atoms with E-state index in [0.717, 1.165) is 27.8 Å². The SMILES string of the molecule is Cc1ccc(NC(=O)N2CCN(c3nc(Cc4ccc(F)cc4)ns3)CC2C)c(C)c1. The molecule has 0 spiro atoms. The second kappa shape index (κ2) is 9.01. The molecular weight excluding hydrogens is 413 g/mol. The quantitative estimate of drug-likeness (QED) is 0.644. The number of piperazine rings is 1. The highest BCUT2D eigenvalue weighted by atomic mass is 32.1. The summed E-state index contributed by atoms with van der Waals surface area (Å²) in [7, 11) is 0. The van der Waals surface area contributed by atoms with Crippen molar-refractivity contribution >= 4 is 28.4 Å². The van der Waals surface area contributed by atoms with Crippen LogP contribution >= 0.6 is 11.5 Å². The lowest BCUT2D eigenvalue weighted by Gasteiger charge is -2.39. The van der Waals surface area contributed by atoms with Crippen LogP contribution in [0.2, 0.25) is 0 Å². The molecule has 0 radical (unpaired) electrons. The molecule has 2 amide bonds. The second-order valence-electron chi connectivity index (χ2n) is 8.03. The molecule has 2 aromatic carbocycles. The number of aryl methyl sites for hydroxylation is 2. The van der Waals surface area contributed by atoms with Crippen LogP contribution in [0.4, 0.5) is 20.0 Å². The van der Waals surface area contributed by atoms with Crippen LogP contribution in [0.15, 0.2) is 42.5 Å². The van der Waals surface area contributed by atoms with Crippen LogP contribution in [0.25, 0.3) is 0 Å². The van der Waals surface area contributed by atoms with Crippen molar-refractivity contribution in [1.82, 2.24) is 14.3 Å². The second-order valence-corrected chi connectivity index (χ2v) is 8.76. The van der Waals surface area contributed by atoms with Crippen molar-refractivity contribution in [3.8, 4) is 0 Å². The lowest BCUT2D eigenvalue weighted by molar-refractivity contribution is 0.185. The lowest BCUT2D eigenvalue weighted by Crippen LogP contribution is -2.55. The summed E-state index contributed by atoms with van der Waals surface area (Å²) in [6, 6.07) is 12.4. The highest BCUT2D eigenvalue weighted by Crippen LogP contribution is 2.24. The number of anilines is 2. The lowest BCUT2D eigenvalue weighted by atomic mass is 10.1. The molecule has 0 saturated carbocycles. The number of carbonyl (C=O) groups excluding carboxylic acids is 1. The number of nitrogens with one attached hydrogen (secondary N) is 1. The van der Waals surface area contributed by atoms with E-state index in [9.17, 15) is 9.18 Å². The van der Waals surface area contributed by atoms with Crippen LogP contribution in [0, 0.1) is 19.7 Å². The number of hydrogen-bond acceptors (Lipinski definition) is 5. The molecule has 0 bridgehead atoms. The van der Waals surface area contributed by atoms with Crippen molar-refractivity contribution in [3.05, 3.63) is 70.8 Å². The fraction of sp³-hybridized carbons (Fsp3) is 0.348. The van der Waals surface area contributed by atoms with Gasteiger partial charge < -0.3 is 15.1 Å². The molecule has 162 valence electrons. The monoisotopic (exact) mass is 439 g/mol. The average molecular weight is 440 g/mol. The number of halogens is 1. The number of urea groups is 1. The van der Waals surface area contributed by atoms with E-state index in [0.29, 0.717) is 26.1 Å². The van der Waals surface area contributed by atoms with Crippen LogP contribution in [-0.2, 0) is 6.42 Å². The Bertz CT molecular complexity index is 1070. The van der Waals surface area contributed by atoms with Crippen LogP contribution in [0.1, 0.15) is 29.4 Å². The van der Waals surface area contributed by atoms with Gasteiger partial charge in [-0.15, -0.1) is 0 Å². The summed E-state index contributed by atoms with van der Waals surface area (Å²) in [5.74, 6) is 0.485. The van der Waals surface area contributed by atoms with Gasteiger partial charge in [-0.2, -0.15) is 4.37 Å².